The van der Waals surface area contributed by atoms with Gasteiger partial charge < -0.3 is 14.5 Å². The topological polar surface area (TPSA) is 84.1 Å². The van der Waals surface area contributed by atoms with Crippen LogP contribution in [0.25, 0.3) is 11.0 Å². The van der Waals surface area contributed by atoms with Crippen LogP contribution in [0.2, 0.25) is 5.02 Å². The average molecular weight is 482 g/mol. The minimum atomic E-state index is -0.567. The number of benzene rings is 2. The van der Waals surface area contributed by atoms with Crippen LogP contribution in [0.3, 0.4) is 0 Å². The van der Waals surface area contributed by atoms with Crippen molar-refractivity contribution in [3.05, 3.63) is 64.4 Å². The van der Waals surface area contributed by atoms with E-state index in [4.69, 9.17) is 20.8 Å². The standard InChI is InChI=1S/C26H28ClN3O4/c1-4-22-16(3)21-13-20(10-11-23(21)34-22)29-26-28-14-18(12-24(31)33-5-2)25(32)30(26)15-17-6-8-19(27)9-7-17/h6-11,13,18H,4-5,12,14-15H2,1-3H3,(H,28,29). The highest BCUT2D eigenvalue weighted by atomic mass is 35.5. The van der Waals surface area contributed by atoms with Gasteiger partial charge in [-0.2, -0.15) is 0 Å². The van der Waals surface area contributed by atoms with Gasteiger partial charge in [-0.05, 0) is 55.3 Å². The molecule has 1 aliphatic heterocycles. The van der Waals surface area contributed by atoms with Crippen LogP contribution in [-0.4, -0.2) is 35.9 Å². The molecule has 0 saturated heterocycles. The molecule has 1 aromatic heterocycles. The van der Waals surface area contributed by atoms with E-state index in [1.54, 1.807) is 24.0 Å². The predicted molar refractivity (Wildman–Crippen MR) is 133 cm³/mol. The molecule has 0 bridgehead atoms. The molecule has 2 heterocycles. The van der Waals surface area contributed by atoms with Gasteiger partial charge >= 0.3 is 5.97 Å². The van der Waals surface area contributed by atoms with Gasteiger partial charge in [0.1, 0.15) is 11.3 Å². The number of hydrogen-bond acceptors (Lipinski definition) is 6. The first-order valence-electron chi connectivity index (χ1n) is 11.4. The van der Waals surface area contributed by atoms with E-state index in [9.17, 15) is 9.59 Å². The number of aliphatic imine (C=N–C) groups is 1. The van der Waals surface area contributed by atoms with Crippen LogP contribution in [-0.2, 0) is 27.3 Å². The second kappa shape index (κ2) is 10.3. The maximum Gasteiger partial charge on any atom is 0.306 e. The molecule has 1 atom stereocenters. The van der Waals surface area contributed by atoms with Gasteiger partial charge in [0.25, 0.3) is 0 Å². The van der Waals surface area contributed by atoms with Crippen molar-refractivity contribution in [1.82, 2.24) is 4.90 Å². The molecule has 1 amide bonds. The normalized spacial score (nSPS) is 16.0. The Hall–Kier alpha value is -3.32. The third kappa shape index (κ3) is 5.09. The van der Waals surface area contributed by atoms with Crippen LogP contribution in [0, 0.1) is 12.8 Å². The molecule has 0 aliphatic carbocycles. The Kier molecular flexibility index (Phi) is 7.22. The molecule has 0 radical (unpaired) electrons. The van der Waals surface area contributed by atoms with E-state index < -0.39 is 11.9 Å². The lowest BCUT2D eigenvalue weighted by atomic mass is 10.0. The number of hydrogen-bond donors (Lipinski definition) is 1. The number of nitrogens with zero attached hydrogens (tertiary/aromatic N) is 2. The number of fused-ring (bicyclic) bond motifs is 1. The summed E-state index contributed by atoms with van der Waals surface area (Å²) in [4.78, 5) is 31.7. The summed E-state index contributed by atoms with van der Waals surface area (Å²) in [5, 5.41) is 4.95. The second-order valence-electron chi connectivity index (χ2n) is 8.26. The van der Waals surface area contributed by atoms with Crippen molar-refractivity contribution in [3.8, 4) is 0 Å². The highest BCUT2D eigenvalue weighted by molar-refractivity contribution is 6.30. The molecular formula is C26H28ClN3O4. The summed E-state index contributed by atoms with van der Waals surface area (Å²) in [5.74, 6) is 0.267. The second-order valence-corrected chi connectivity index (χ2v) is 8.70. The molecule has 1 unspecified atom stereocenters. The van der Waals surface area contributed by atoms with Crippen LogP contribution in [0.4, 0.5) is 5.69 Å². The largest absolute Gasteiger partial charge is 0.466 e. The fraction of sp³-hybridized carbons (Fsp3) is 0.346. The van der Waals surface area contributed by atoms with Gasteiger partial charge in [-0.25, -0.2) is 0 Å². The number of rotatable bonds is 7. The van der Waals surface area contributed by atoms with Crippen LogP contribution in [0.15, 0.2) is 51.9 Å². The van der Waals surface area contributed by atoms with Gasteiger partial charge in [-0.1, -0.05) is 30.7 Å². The zero-order valence-electron chi connectivity index (χ0n) is 19.6. The number of halogens is 1. The number of amides is 1. The zero-order valence-corrected chi connectivity index (χ0v) is 20.3. The molecule has 1 aliphatic rings. The summed E-state index contributed by atoms with van der Waals surface area (Å²) in [6.07, 6.45) is 0.821. The van der Waals surface area contributed by atoms with E-state index in [0.717, 1.165) is 40.0 Å². The molecule has 8 heteroatoms. The first-order valence-corrected chi connectivity index (χ1v) is 11.8. The fourth-order valence-electron chi connectivity index (χ4n) is 4.11. The van der Waals surface area contributed by atoms with Crippen molar-refractivity contribution in [2.75, 3.05) is 18.5 Å². The molecule has 178 valence electrons. The minimum absolute atomic E-state index is 0.000535. The molecule has 2 aromatic carbocycles. The molecule has 3 aromatic rings. The Labute approximate surface area is 203 Å². The summed E-state index contributed by atoms with van der Waals surface area (Å²) in [5.41, 5.74) is 3.64. The average Bonchev–Trinajstić information content (AvgIpc) is 3.14. The Balaban J connectivity index is 1.62. The van der Waals surface area contributed by atoms with Gasteiger partial charge in [-0.3, -0.25) is 19.5 Å². The third-order valence-electron chi connectivity index (χ3n) is 5.92. The third-order valence-corrected chi connectivity index (χ3v) is 6.17. The van der Waals surface area contributed by atoms with Gasteiger partial charge in [0.2, 0.25) is 11.9 Å². The minimum Gasteiger partial charge on any atom is -0.466 e. The Morgan fingerprint density at radius 3 is 2.71 bits per heavy atom. The van der Waals surface area contributed by atoms with E-state index in [-0.39, 0.29) is 25.5 Å². The quantitative estimate of drug-likeness (QED) is 0.460. The van der Waals surface area contributed by atoms with Crippen molar-refractivity contribution in [3.63, 3.8) is 0 Å². The zero-order chi connectivity index (χ0) is 24.2. The highest BCUT2D eigenvalue weighted by Crippen LogP contribution is 2.29. The van der Waals surface area contributed by atoms with E-state index in [2.05, 4.69) is 17.2 Å². The van der Waals surface area contributed by atoms with E-state index in [1.807, 2.05) is 37.3 Å². The molecule has 0 fully saturated rings. The van der Waals surface area contributed by atoms with Crippen LogP contribution < -0.4 is 5.32 Å². The lowest BCUT2D eigenvalue weighted by molar-refractivity contribution is -0.147. The highest BCUT2D eigenvalue weighted by Gasteiger charge is 2.34. The number of guanidine groups is 1. The Bertz CT molecular complexity index is 1230. The summed E-state index contributed by atoms with van der Waals surface area (Å²) < 4.78 is 11.0. The fourth-order valence-corrected chi connectivity index (χ4v) is 4.23. The summed E-state index contributed by atoms with van der Waals surface area (Å²) in [6, 6.07) is 13.1. The maximum absolute atomic E-state index is 13.4. The molecule has 7 nitrogen and oxygen atoms in total. The molecule has 0 spiro atoms. The smallest absolute Gasteiger partial charge is 0.306 e. The van der Waals surface area contributed by atoms with Crippen molar-refractivity contribution >= 4 is 46.1 Å². The van der Waals surface area contributed by atoms with Gasteiger partial charge in [0, 0.05) is 22.5 Å². The molecule has 0 saturated carbocycles. The molecule has 4 rings (SSSR count). The number of ether oxygens (including phenoxy) is 1. The van der Waals surface area contributed by atoms with E-state index in [1.165, 1.54) is 0 Å². The maximum atomic E-state index is 13.4. The van der Waals surface area contributed by atoms with Gasteiger partial charge in [0.05, 0.1) is 32.0 Å². The summed E-state index contributed by atoms with van der Waals surface area (Å²) in [7, 11) is 0. The van der Waals surface area contributed by atoms with E-state index in [0.29, 0.717) is 17.5 Å². The van der Waals surface area contributed by atoms with Crippen molar-refractivity contribution in [2.24, 2.45) is 10.9 Å². The number of carbonyl (C=O) groups excluding carboxylic acids is 2. The van der Waals surface area contributed by atoms with E-state index >= 15 is 0 Å². The number of aryl methyl sites for hydroxylation is 2. The Morgan fingerprint density at radius 2 is 2.00 bits per heavy atom. The molecule has 34 heavy (non-hydrogen) atoms. The number of esters is 1. The van der Waals surface area contributed by atoms with Crippen molar-refractivity contribution in [2.45, 2.75) is 40.2 Å². The SMILES string of the molecule is CCOC(=O)CC1CN=C(Nc2ccc3oc(CC)c(C)c3c2)N(Cc2ccc(Cl)cc2)C1=O. The predicted octanol–water partition coefficient (Wildman–Crippen LogP) is 5.34. The summed E-state index contributed by atoms with van der Waals surface area (Å²) >= 11 is 6.03. The molecule has 1 N–H and O–H groups in total. The van der Waals surface area contributed by atoms with Crippen LogP contribution >= 0.6 is 11.6 Å². The summed E-state index contributed by atoms with van der Waals surface area (Å²) in [6.45, 7) is 6.64. The van der Waals surface area contributed by atoms with Crippen LogP contribution in [0.1, 0.15) is 37.2 Å². The van der Waals surface area contributed by atoms with Gasteiger partial charge in [0.15, 0.2) is 0 Å². The van der Waals surface area contributed by atoms with Gasteiger partial charge in [-0.15, -0.1) is 0 Å². The monoisotopic (exact) mass is 481 g/mol. The van der Waals surface area contributed by atoms with Crippen molar-refractivity contribution in [1.29, 1.82) is 0 Å². The lowest BCUT2D eigenvalue weighted by Gasteiger charge is -2.32. The number of carbonyl (C=O) groups is 2. The number of furan rings is 1. The first kappa shape index (κ1) is 23.8. The molecular weight excluding hydrogens is 454 g/mol. The first-order chi connectivity index (χ1) is 16.4. The number of nitrogens with one attached hydrogen (secondary N) is 1. The lowest BCUT2D eigenvalue weighted by Crippen LogP contribution is -2.48. The number of anilines is 1. The Morgan fingerprint density at radius 1 is 1.24 bits per heavy atom. The van der Waals surface area contributed by atoms with Crippen molar-refractivity contribution < 1.29 is 18.7 Å². The van der Waals surface area contributed by atoms with Crippen LogP contribution in [0.5, 0.6) is 0 Å².